The summed E-state index contributed by atoms with van der Waals surface area (Å²) >= 11 is 1.44. The zero-order valence-electron chi connectivity index (χ0n) is 13.3. The minimum absolute atomic E-state index is 0.0250. The Morgan fingerprint density at radius 1 is 1.12 bits per heavy atom. The van der Waals surface area contributed by atoms with E-state index in [-0.39, 0.29) is 5.91 Å². The van der Waals surface area contributed by atoms with Crippen LogP contribution in [0.15, 0.2) is 54.6 Å². The van der Waals surface area contributed by atoms with E-state index in [1.54, 1.807) is 0 Å². The van der Waals surface area contributed by atoms with Gasteiger partial charge in [-0.3, -0.25) is 9.20 Å². The number of amides is 1. The molecule has 2 aromatic heterocycles. The molecule has 4 nitrogen and oxygen atoms in total. The summed E-state index contributed by atoms with van der Waals surface area (Å²) in [6, 6.07) is 18.2. The summed E-state index contributed by atoms with van der Waals surface area (Å²) in [7, 11) is 0. The van der Waals surface area contributed by atoms with Gasteiger partial charge in [0.1, 0.15) is 4.88 Å². The number of carbonyl (C=O) groups excluding carboxylic acids is 1. The molecule has 0 aliphatic carbocycles. The summed E-state index contributed by atoms with van der Waals surface area (Å²) in [4.78, 5) is 18.7. The second-order valence-electron chi connectivity index (χ2n) is 5.73. The van der Waals surface area contributed by atoms with Crippen LogP contribution in [-0.2, 0) is 6.42 Å². The van der Waals surface area contributed by atoms with Gasteiger partial charge in [0, 0.05) is 12.2 Å². The summed E-state index contributed by atoms with van der Waals surface area (Å²) in [5, 5.41) is 3.02. The molecular weight excluding hydrogens is 318 g/mol. The molecule has 4 aromatic rings. The third-order valence-electron chi connectivity index (χ3n) is 4.14. The van der Waals surface area contributed by atoms with Crippen LogP contribution in [0.2, 0.25) is 0 Å². The standard InChI is InChI=1S/C19H17N3OS/c1-13-17(18(23)20-12-11-14-7-3-2-4-8-14)24-19-21-15-9-5-6-10-16(15)22(13)19/h2-10H,11-12H2,1H3,(H,20,23). The van der Waals surface area contributed by atoms with Crippen LogP contribution in [0.1, 0.15) is 20.9 Å². The van der Waals surface area contributed by atoms with Crippen LogP contribution in [0.3, 0.4) is 0 Å². The third-order valence-corrected chi connectivity index (χ3v) is 5.28. The Morgan fingerprint density at radius 2 is 1.88 bits per heavy atom. The summed E-state index contributed by atoms with van der Waals surface area (Å²) in [6.07, 6.45) is 0.830. The first-order valence-electron chi connectivity index (χ1n) is 7.93. The Morgan fingerprint density at radius 3 is 2.71 bits per heavy atom. The van der Waals surface area contributed by atoms with Crippen LogP contribution in [0.4, 0.5) is 0 Å². The molecule has 0 saturated heterocycles. The van der Waals surface area contributed by atoms with Crippen molar-refractivity contribution in [3.05, 3.63) is 70.7 Å². The minimum atomic E-state index is -0.0250. The predicted octanol–water partition coefficient (Wildman–Crippen LogP) is 3.83. The fraction of sp³-hybridized carbons (Fsp3) is 0.158. The number of carbonyl (C=O) groups is 1. The highest BCUT2D eigenvalue weighted by Gasteiger charge is 2.18. The molecule has 0 radical (unpaired) electrons. The van der Waals surface area contributed by atoms with Gasteiger partial charge in [-0.15, -0.1) is 0 Å². The lowest BCUT2D eigenvalue weighted by Gasteiger charge is -2.05. The average molecular weight is 335 g/mol. The number of hydrogen-bond donors (Lipinski definition) is 1. The number of nitrogens with zero attached hydrogens (tertiary/aromatic N) is 2. The third kappa shape index (κ3) is 2.57. The monoisotopic (exact) mass is 335 g/mol. The molecule has 0 fully saturated rings. The normalized spacial score (nSPS) is 11.2. The number of hydrogen-bond acceptors (Lipinski definition) is 3. The molecule has 1 N–H and O–H groups in total. The van der Waals surface area contributed by atoms with Gasteiger partial charge in [0.05, 0.1) is 11.0 Å². The quantitative estimate of drug-likeness (QED) is 0.616. The molecule has 0 spiro atoms. The summed E-state index contributed by atoms with van der Waals surface area (Å²) in [6.45, 7) is 2.60. The average Bonchev–Trinajstić information content (AvgIpc) is 3.12. The number of para-hydroxylation sites is 2. The highest BCUT2D eigenvalue weighted by molar-refractivity contribution is 7.19. The lowest BCUT2D eigenvalue weighted by atomic mass is 10.1. The maximum absolute atomic E-state index is 12.5. The van der Waals surface area contributed by atoms with Gasteiger partial charge in [0.15, 0.2) is 4.96 Å². The molecule has 2 heterocycles. The molecule has 24 heavy (non-hydrogen) atoms. The lowest BCUT2D eigenvalue weighted by Crippen LogP contribution is -2.25. The van der Waals surface area contributed by atoms with Gasteiger partial charge < -0.3 is 5.32 Å². The van der Waals surface area contributed by atoms with E-state index in [0.29, 0.717) is 6.54 Å². The smallest absolute Gasteiger partial charge is 0.263 e. The second kappa shape index (κ2) is 6.09. The molecule has 120 valence electrons. The van der Waals surface area contributed by atoms with E-state index in [1.807, 2.05) is 49.4 Å². The zero-order chi connectivity index (χ0) is 16.5. The first-order valence-corrected chi connectivity index (χ1v) is 8.74. The van der Waals surface area contributed by atoms with E-state index < -0.39 is 0 Å². The van der Waals surface area contributed by atoms with E-state index in [2.05, 4.69) is 26.8 Å². The van der Waals surface area contributed by atoms with E-state index >= 15 is 0 Å². The molecule has 2 aromatic carbocycles. The van der Waals surface area contributed by atoms with Crippen LogP contribution >= 0.6 is 11.3 Å². The first-order chi connectivity index (χ1) is 11.7. The van der Waals surface area contributed by atoms with E-state index in [9.17, 15) is 4.79 Å². The van der Waals surface area contributed by atoms with Crippen LogP contribution in [0.5, 0.6) is 0 Å². The molecule has 1 amide bonds. The fourth-order valence-electron chi connectivity index (χ4n) is 2.92. The minimum Gasteiger partial charge on any atom is -0.351 e. The number of fused-ring (bicyclic) bond motifs is 3. The van der Waals surface area contributed by atoms with E-state index in [4.69, 9.17) is 0 Å². The van der Waals surface area contributed by atoms with Gasteiger partial charge in [0.2, 0.25) is 0 Å². The number of imidazole rings is 1. The Kier molecular flexibility index (Phi) is 3.78. The molecule has 5 heteroatoms. The largest absolute Gasteiger partial charge is 0.351 e. The highest BCUT2D eigenvalue weighted by Crippen LogP contribution is 2.27. The highest BCUT2D eigenvalue weighted by atomic mass is 32.1. The topological polar surface area (TPSA) is 46.4 Å². The van der Waals surface area contributed by atoms with Crippen LogP contribution < -0.4 is 5.32 Å². The number of nitrogens with one attached hydrogen (secondary N) is 1. The van der Waals surface area contributed by atoms with Crippen molar-refractivity contribution in [3.8, 4) is 0 Å². The molecule has 0 aliphatic heterocycles. The van der Waals surface area contributed by atoms with Crippen molar-refractivity contribution in [2.24, 2.45) is 0 Å². The first kappa shape index (κ1) is 14.9. The fourth-order valence-corrected chi connectivity index (χ4v) is 3.98. The van der Waals surface area contributed by atoms with Crippen molar-refractivity contribution < 1.29 is 4.79 Å². The molecule has 0 aliphatic rings. The van der Waals surface area contributed by atoms with Crippen molar-refractivity contribution in [2.75, 3.05) is 6.54 Å². The molecule has 0 atom stereocenters. The van der Waals surface area contributed by atoms with E-state index in [0.717, 1.165) is 33.0 Å². The summed E-state index contributed by atoms with van der Waals surface area (Å²) in [5.74, 6) is -0.0250. The SMILES string of the molecule is Cc1c(C(=O)NCCc2ccccc2)sc2nc3ccccc3n12. The number of benzene rings is 2. The van der Waals surface area contributed by atoms with Gasteiger partial charge >= 0.3 is 0 Å². The van der Waals surface area contributed by atoms with Gasteiger partial charge in [-0.05, 0) is 31.0 Å². The molecule has 0 unspecified atom stereocenters. The zero-order valence-corrected chi connectivity index (χ0v) is 14.1. The van der Waals surface area contributed by atoms with Crippen LogP contribution in [0, 0.1) is 6.92 Å². The van der Waals surface area contributed by atoms with Gasteiger partial charge in [0.25, 0.3) is 5.91 Å². The van der Waals surface area contributed by atoms with Crippen molar-refractivity contribution in [3.63, 3.8) is 0 Å². The van der Waals surface area contributed by atoms with Crippen molar-refractivity contribution >= 4 is 33.2 Å². The van der Waals surface area contributed by atoms with Gasteiger partial charge in [-0.2, -0.15) is 0 Å². The Labute approximate surface area is 143 Å². The molecule has 4 rings (SSSR count). The summed E-state index contributed by atoms with van der Waals surface area (Å²) < 4.78 is 2.06. The second-order valence-corrected chi connectivity index (χ2v) is 6.70. The molecular formula is C19H17N3OS. The number of thiazole rings is 1. The molecule has 0 bridgehead atoms. The lowest BCUT2D eigenvalue weighted by molar-refractivity contribution is 0.0957. The Balaban J connectivity index is 1.55. The van der Waals surface area contributed by atoms with Crippen molar-refractivity contribution in [2.45, 2.75) is 13.3 Å². The van der Waals surface area contributed by atoms with Crippen LogP contribution in [-0.4, -0.2) is 21.8 Å². The maximum atomic E-state index is 12.5. The van der Waals surface area contributed by atoms with Crippen molar-refractivity contribution in [1.82, 2.24) is 14.7 Å². The Bertz CT molecular complexity index is 1020. The van der Waals surface area contributed by atoms with E-state index in [1.165, 1.54) is 16.9 Å². The molecule has 0 saturated carbocycles. The number of aryl methyl sites for hydroxylation is 1. The summed E-state index contributed by atoms with van der Waals surface area (Å²) in [5.41, 5.74) is 4.18. The maximum Gasteiger partial charge on any atom is 0.263 e. The predicted molar refractivity (Wildman–Crippen MR) is 97.8 cm³/mol. The Hall–Kier alpha value is -2.66. The van der Waals surface area contributed by atoms with Crippen LogP contribution in [0.25, 0.3) is 16.0 Å². The van der Waals surface area contributed by atoms with Gasteiger partial charge in [-0.25, -0.2) is 4.98 Å². The number of rotatable bonds is 4. The van der Waals surface area contributed by atoms with Gasteiger partial charge in [-0.1, -0.05) is 53.8 Å². The number of aromatic nitrogens is 2. The van der Waals surface area contributed by atoms with Crippen molar-refractivity contribution in [1.29, 1.82) is 0 Å².